The molecule has 0 spiro atoms. The summed E-state index contributed by atoms with van der Waals surface area (Å²) in [6.45, 7) is 0. The molecule has 0 aliphatic carbocycles. The zero-order valence-corrected chi connectivity index (χ0v) is 14.8. The van der Waals surface area contributed by atoms with Crippen LogP contribution in [0.3, 0.4) is 0 Å². The van der Waals surface area contributed by atoms with Crippen LogP contribution in [0.2, 0.25) is 0 Å². The van der Waals surface area contributed by atoms with E-state index >= 15 is 0 Å². The number of amides is 1. The zero-order chi connectivity index (χ0) is 18.6. The van der Waals surface area contributed by atoms with Crippen LogP contribution in [0.5, 0.6) is 0 Å². The van der Waals surface area contributed by atoms with Crippen LogP contribution in [0.1, 0.15) is 15.9 Å². The maximum atomic E-state index is 12.2. The fraction of sp³-hybridized carbons (Fsp3) is 0.0455. The van der Waals surface area contributed by atoms with E-state index in [0.29, 0.717) is 5.56 Å². The highest BCUT2D eigenvalue weighted by Crippen LogP contribution is 2.31. The lowest BCUT2D eigenvalue weighted by molar-refractivity contribution is 0.0955. The van der Waals surface area contributed by atoms with Gasteiger partial charge < -0.3 is 4.57 Å². The van der Waals surface area contributed by atoms with Gasteiger partial charge in [-0.15, -0.1) is 0 Å². The summed E-state index contributed by atoms with van der Waals surface area (Å²) < 4.78 is 2.15. The number of aryl methyl sites for hydroxylation is 1. The number of rotatable bonds is 4. The Bertz CT molecular complexity index is 1120. The van der Waals surface area contributed by atoms with E-state index in [9.17, 15) is 4.79 Å². The molecule has 0 unspecified atom stereocenters. The van der Waals surface area contributed by atoms with Crippen molar-refractivity contribution in [3.63, 3.8) is 0 Å². The molecule has 0 saturated carbocycles. The van der Waals surface area contributed by atoms with Crippen LogP contribution in [0, 0.1) is 0 Å². The first-order chi connectivity index (χ1) is 13.3. The summed E-state index contributed by atoms with van der Waals surface area (Å²) in [6.07, 6.45) is 4.85. The highest BCUT2D eigenvalue weighted by atomic mass is 16.2. The average Bonchev–Trinajstić information content (AvgIpc) is 3.01. The Morgan fingerprint density at radius 3 is 2.59 bits per heavy atom. The van der Waals surface area contributed by atoms with Crippen molar-refractivity contribution in [1.82, 2.24) is 15.0 Å². The molecule has 5 heteroatoms. The number of hydrogen-bond donors (Lipinski definition) is 1. The molecule has 2 heterocycles. The quantitative estimate of drug-likeness (QED) is 0.445. The number of pyridine rings is 1. The smallest absolute Gasteiger partial charge is 0.272 e. The van der Waals surface area contributed by atoms with Crippen LogP contribution >= 0.6 is 0 Å². The molecule has 27 heavy (non-hydrogen) atoms. The van der Waals surface area contributed by atoms with E-state index in [4.69, 9.17) is 0 Å². The molecule has 0 radical (unpaired) electrons. The minimum absolute atomic E-state index is 0.291. The summed E-state index contributed by atoms with van der Waals surface area (Å²) in [5.41, 5.74) is 7.27. The molecule has 0 aliphatic rings. The normalized spacial score (nSPS) is 11.1. The van der Waals surface area contributed by atoms with Gasteiger partial charge in [0.2, 0.25) is 0 Å². The number of carbonyl (C=O) groups is 1. The molecule has 5 nitrogen and oxygen atoms in total. The van der Waals surface area contributed by atoms with Gasteiger partial charge in [0, 0.05) is 35.9 Å². The van der Waals surface area contributed by atoms with Gasteiger partial charge in [0.05, 0.1) is 17.5 Å². The Kier molecular flexibility index (Phi) is 4.49. The van der Waals surface area contributed by atoms with Gasteiger partial charge in [-0.2, -0.15) is 5.10 Å². The van der Waals surface area contributed by atoms with E-state index < -0.39 is 0 Å². The number of carbonyl (C=O) groups excluding carboxylic acids is 1. The second-order valence-electron chi connectivity index (χ2n) is 6.15. The molecule has 2 aromatic carbocycles. The lowest BCUT2D eigenvalue weighted by Gasteiger charge is -2.06. The van der Waals surface area contributed by atoms with E-state index in [1.54, 1.807) is 24.5 Å². The average molecular weight is 354 g/mol. The Labute approximate surface area is 157 Å². The van der Waals surface area contributed by atoms with Crippen LogP contribution in [0.4, 0.5) is 0 Å². The monoisotopic (exact) mass is 354 g/mol. The highest BCUT2D eigenvalue weighted by molar-refractivity contribution is 6.06. The summed E-state index contributed by atoms with van der Waals surface area (Å²) in [6, 6.07) is 21.7. The molecule has 0 aliphatic heterocycles. The lowest BCUT2D eigenvalue weighted by Crippen LogP contribution is -2.17. The standard InChI is InChI=1S/C22H18N4O/c1-26-20-12-6-5-11-18(20)19(21(26)16-8-3-2-4-9-16)15-24-25-22(27)17-10-7-13-23-14-17/h2-15H,1H3,(H,25,27). The number of fused-ring (bicyclic) bond motifs is 1. The molecule has 0 saturated heterocycles. The maximum absolute atomic E-state index is 12.2. The van der Waals surface area contributed by atoms with Gasteiger partial charge in [-0.05, 0) is 23.8 Å². The van der Waals surface area contributed by atoms with E-state index in [-0.39, 0.29) is 5.91 Å². The third-order valence-corrected chi connectivity index (χ3v) is 4.48. The van der Waals surface area contributed by atoms with Gasteiger partial charge in [-0.25, -0.2) is 5.43 Å². The second-order valence-corrected chi connectivity index (χ2v) is 6.15. The first-order valence-corrected chi connectivity index (χ1v) is 8.62. The van der Waals surface area contributed by atoms with Crippen molar-refractivity contribution in [1.29, 1.82) is 0 Å². The van der Waals surface area contributed by atoms with Crippen molar-refractivity contribution in [2.24, 2.45) is 12.1 Å². The van der Waals surface area contributed by atoms with E-state index in [2.05, 4.69) is 44.3 Å². The molecular formula is C22H18N4O. The SMILES string of the molecule is Cn1c(-c2ccccc2)c(C=NNC(=O)c2cccnc2)c2ccccc21. The minimum Gasteiger partial charge on any atom is -0.343 e. The van der Waals surface area contributed by atoms with Crippen LogP contribution in [-0.4, -0.2) is 21.7 Å². The number of para-hydroxylation sites is 1. The van der Waals surface area contributed by atoms with E-state index in [1.165, 1.54) is 6.20 Å². The molecule has 4 aromatic rings. The first kappa shape index (κ1) is 16.7. The van der Waals surface area contributed by atoms with Crippen molar-refractivity contribution < 1.29 is 4.79 Å². The van der Waals surface area contributed by atoms with Gasteiger partial charge in [-0.1, -0.05) is 48.5 Å². The molecule has 4 rings (SSSR count). The number of aromatic nitrogens is 2. The second kappa shape index (κ2) is 7.25. The van der Waals surface area contributed by atoms with Crippen LogP contribution < -0.4 is 5.43 Å². The summed E-state index contributed by atoms with van der Waals surface area (Å²) >= 11 is 0. The number of benzene rings is 2. The summed E-state index contributed by atoms with van der Waals surface area (Å²) in [4.78, 5) is 16.1. The zero-order valence-electron chi connectivity index (χ0n) is 14.8. The minimum atomic E-state index is -0.291. The van der Waals surface area contributed by atoms with Gasteiger partial charge in [0.1, 0.15) is 0 Å². The first-order valence-electron chi connectivity index (χ1n) is 8.62. The Morgan fingerprint density at radius 1 is 1.04 bits per heavy atom. The van der Waals surface area contributed by atoms with Crippen molar-refractivity contribution in [2.45, 2.75) is 0 Å². The molecule has 2 aromatic heterocycles. The number of hydrogen-bond acceptors (Lipinski definition) is 3. The molecular weight excluding hydrogens is 336 g/mol. The van der Waals surface area contributed by atoms with Gasteiger partial charge >= 0.3 is 0 Å². The Hall–Kier alpha value is -3.73. The molecule has 1 N–H and O–H groups in total. The van der Waals surface area contributed by atoms with Crippen molar-refractivity contribution in [3.05, 3.63) is 90.3 Å². The van der Waals surface area contributed by atoms with Gasteiger partial charge in [-0.3, -0.25) is 9.78 Å². The van der Waals surface area contributed by atoms with E-state index in [1.807, 2.05) is 37.4 Å². The third kappa shape index (κ3) is 3.22. The number of nitrogens with zero attached hydrogens (tertiary/aromatic N) is 3. The fourth-order valence-corrected chi connectivity index (χ4v) is 3.22. The van der Waals surface area contributed by atoms with Gasteiger partial charge in [0.15, 0.2) is 0 Å². The topological polar surface area (TPSA) is 59.3 Å². The summed E-state index contributed by atoms with van der Waals surface area (Å²) in [5, 5.41) is 5.28. The number of hydrazone groups is 1. The van der Waals surface area contributed by atoms with Gasteiger partial charge in [0.25, 0.3) is 5.91 Å². The predicted molar refractivity (Wildman–Crippen MR) is 108 cm³/mol. The van der Waals surface area contributed by atoms with E-state index in [0.717, 1.165) is 27.7 Å². The molecule has 0 atom stereocenters. The van der Waals surface area contributed by atoms with Crippen molar-refractivity contribution >= 4 is 23.0 Å². The Morgan fingerprint density at radius 2 is 1.81 bits per heavy atom. The molecule has 132 valence electrons. The highest BCUT2D eigenvalue weighted by Gasteiger charge is 2.15. The molecule has 0 fully saturated rings. The fourth-order valence-electron chi connectivity index (χ4n) is 3.22. The molecule has 1 amide bonds. The third-order valence-electron chi connectivity index (χ3n) is 4.48. The van der Waals surface area contributed by atoms with Crippen LogP contribution in [0.15, 0.2) is 84.2 Å². The van der Waals surface area contributed by atoms with Crippen molar-refractivity contribution in [2.75, 3.05) is 0 Å². The maximum Gasteiger partial charge on any atom is 0.272 e. The largest absolute Gasteiger partial charge is 0.343 e. The summed E-state index contributed by atoms with van der Waals surface area (Å²) in [7, 11) is 2.04. The number of nitrogens with one attached hydrogen (secondary N) is 1. The predicted octanol–water partition coefficient (Wildman–Crippen LogP) is 4.00. The summed E-state index contributed by atoms with van der Waals surface area (Å²) in [5.74, 6) is -0.291. The lowest BCUT2D eigenvalue weighted by atomic mass is 10.1. The molecule has 0 bridgehead atoms. The van der Waals surface area contributed by atoms with Crippen LogP contribution in [0.25, 0.3) is 22.2 Å². The van der Waals surface area contributed by atoms with Crippen molar-refractivity contribution in [3.8, 4) is 11.3 Å². The Balaban J connectivity index is 1.73. The van der Waals surface area contributed by atoms with Crippen LogP contribution in [-0.2, 0) is 7.05 Å².